The molecule has 0 amide bonds. The summed E-state index contributed by atoms with van der Waals surface area (Å²) in [6.45, 7) is 3.40. The zero-order chi connectivity index (χ0) is 16.1. The largest absolute Gasteiger partial charge is 0.468 e. The first-order valence-corrected chi connectivity index (χ1v) is 9.62. The first-order valence-electron chi connectivity index (χ1n) is 9.62. The van der Waals surface area contributed by atoms with Crippen molar-refractivity contribution in [2.75, 3.05) is 6.61 Å². The lowest BCUT2D eigenvalue weighted by molar-refractivity contribution is -0.128. The average Bonchev–Trinajstić information content (AvgIpc) is 2.54. The Bertz CT molecular complexity index is 236. The number of hydrogen-bond donors (Lipinski definition) is 0. The number of hydrogen-bond acceptors (Lipinski definition) is 2. The molecule has 0 rings (SSSR count). The molecule has 0 saturated carbocycles. The second-order valence-corrected chi connectivity index (χ2v) is 6.26. The molecule has 0 saturated heterocycles. The maximum atomic E-state index is 9.95. The molecule has 0 N–H and O–H groups in total. The number of unbranched alkanes of at least 4 members (excludes halogenated alkanes) is 13. The van der Waals surface area contributed by atoms with Gasteiger partial charge in [0.25, 0.3) is 6.47 Å². The van der Waals surface area contributed by atoms with E-state index in [2.05, 4.69) is 23.8 Å². The third kappa shape index (κ3) is 19.2. The molecule has 0 unspecified atom stereocenters. The van der Waals surface area contributed by atoms with Crippen molar-refractivity contribution >= 4 is 6.47 Å². The second kappa shape index (κ2) is 20.2. The van der Waals surface area contributed by atoms with Gasteiger partial charge < -0.3 is 4.74 Å². The summed E-state index contributed by atoms with van der Waals surface area (Å²) in [4.78, 5) is 9.95. The molecule has 2 nitrogen and oxygen atoms in total. The Hall–Kier alpha value is -0.790. The summed E-state index contributed by atoms with van der Waals surface area (Å²) in [5.74, 6) is 0. The fraction of sp³-hybridized carbons (Fsp3) is 0.850. The van der Waals surface area contributed by atoms with Crippen molar-refractivity contribution in [3.8, 4) is 0 Å². The zero-order valence-electron chi connectivity index (χ0n) is 14.9. The van der Waals surface area contributed by atoms with E-state index in [9.17, 15) is 4.79 Å². The van der Waals surface area contributed by atoms with E-state index < -0.39 is 0 Å². The first-order chi connectivity index (χ1) is 10.9. The monoisotopic (exact) mass is 310 g/mol. The highest BCUT2D eigenvalue weighted by atomic mass is 16.5. The Morgan fingerprint density at radius 3 is 1.59 bits per heavy atom. The maximum Gasteiger partial charge on any atom is 0.293 e. The Labute approximate surface area is 138 Å². The molecule has 130 valence electrons. The number of rotatable bonds is 18. The van der Waals surface area contributed by atoms with E-state index in [1.807, 2.05) is 0 Å². The highest BCUT2D eigenvalue weighted by Gasteiger charge is 1.93. The molecule has 22 heavy (non-hydrogen) atoms. The molecule has 0 heterocycles. The molecule has 0 aromatic rings. The van der Waals surface area contributed by atoms with E-state index in [1.54, 1.807) is 0 Å². The fourth-order valence-corrected chi connectivity index (χ4v) is 2.66. The van der Waals surface area contributed by atoms with Crippen LogP contribution in [0.5, 0.6) is 0 Å². The Morgan fingerprint density at radius 2 is 1.09 bits per heavy atom. The van der Waals surface area contributed by atoms with Gasteiger partial charge in [0.15, 0.2) is 0 Å². The molecule has 0 aliphatic carbocycles. The lowest BCUT2D eigenvalue weighted by Crippen LogP contribution is -1.91. The molecule has 0 radical (unpaired) electrons. The van der Waals surface area contributed by atoms with Crippen molar-refractivity contribution in [2.45, 2.75) is 103 Å². The van der Waals surface area contributed by atoms with E-state index in [1.165, 1.54) is 89.9 Å². The maximum absolute atomic E-state index is 9.95. The van der Waals surface area contributed by atoms with Crippen LogP contribution in [0.25, 0.3) is 0 Å². The summed E-state index contributed by atoms with van der Waals surface area (Å²) in [6, 6.07) is 0. The van der Waals surface area contributed by atoms with Gasteiger partial charge in [-0.1, -0.05) is 83.3 Å². The third-order valence-corrected chi connectivity index (χ3v) is 4.09. The minimum atomic E-state index is 0.543. The van der Waals surface area contributed by atoms with Crippen LogP contribution in [0.4, 0.5) is 0 Å². The third-order valence-electron chi connectivity index (χ3n) is 4.09. The number of allylic oxidation sites excluding steroid dienone is 2. The average molecular weight is 311 g/mol. The van der Waals surface area contributed by atoms with Crippen molar-refractivity contribution in [3.63, 3.8) is 0 Å². The van der Waals surface area contributed by atoms with Crippen molar-refractivity contribution in [1.29, 1.82) is 0 Å². The Balaban J connectivity index is 3.02. The lowest BCUT2D eigenvalue weighted by Gasteiger charge is -2.02. The van der Waals surface area contributed by atoms with Crippen molar-refractivity contribution in [2.24, 2.45) is 0 Å². The smallest absolute Gasteiger partial charge is 0.293 e. The van der Waals surface area contributed by atoms with Gasteiger partial charge in [-0.25, -0.2) is 0 Å². The minimum Gasteiger partial charge on any atom is -0.468 e. The van der Waals surface area contributed by atoms with Gasteiger partial charge in [0.1, 0.15) is 0 Å². The molecular weight excluding hydrogens is 272 g/mol. The summed E-state index contributed by atoms with van der Waals surface area (Å²) in [5, 5.41) is 0. The van der Waals surface area contributed by atoms with E-state index >= 15 is 0 Å². The van der Waals surface area contributed by atoms with Gasteiger partial charge >= 0.3 is 0 Å². The SMILES string of the molecule is CCCCCCC=CCCCCCCCCCCCOC=O. The molecule has 2 heteroatoms. The van der Waals surface area contributed by atoms with Crippen LogP contribution in [0, 0.1) is 0 Å². The Morgan fingerprint density at radius 1 is 0.636 bits per heavy atom. The van der Waals surface area contributed by atoms with Crippen molar-refractivity contribution in [1.82, 2.24) is 0 Å². The molecule has 0 atom stereocenters. The topological polar surface area (TPSA) is 26.3 Å². The van der Waals surface area contributed by atoms with Gasteiger partial charge in [-0.05, 0) is 32.1 Å². The summed E-state index contributed by atoms with van der Waals surface area (Å²) in [5.41, 5.74) is 0. The van der Waals surface area contributed by atoms with Gasteiger partial charge in [0, 0.05) is 0 Å². The van der Waals surface area contributed by atoms with Gasteiger partial charge in [0.05, 0.1) is 6.61 Å². The normalized spacial score (nSPS) is 11.1. The molecule has 0 aromatic heterocycles. The van der Waals surface area contributed by atoms with E-state index in [-0.39, 0.29) is 0 Å². The van der Waals surface area contributed by atoms with Gasteiger partial charge in [0.2, 0.25) is 0 Å². The molecule has 0 fully saturated rings. The molecule has 0 aromatic carbocycles. The van der Waals surface area contributed by atoms with Crippen LogP contribution >= 0.6 is 0 Å². The molecule has 0 aliphatic rings. The highest BCUT2D eigenvalue weighted by molar-refractivity contribution is 5.36. The first kappa shape index (κ1) is 21.2. The summed E-state index contributed by atoms with van der Waals surface area (Å²) < 4.78 is 4.67. The van der Waals surface area contributed by atoms with E-state index in [0.29, 0.717) is 13.1 Å². The zero-order valence-corrected chi connectivity index (χ0v) is 14.9. The van der Waals surface area contributed by atoms with Gasteiger partial charge in [-0.3, -0.25) is 4.79 Å². The van der Waals surface area contributed by atoms with Crippen molar-refractivity contribution < 1.29 is 9.53 Å². The number of carbonyl (C=O) groups excluding carboxylic acids is 1. The highest BCUT2D eigenvalue weighted by Crippen LogP contribution is 2.11. The van der Waals surface area contributed by atoms with Crippen LogP contribution in [0.15, 0.2) is 12.2 Å². The molecule has 0 bridgehead atoms. The minimum absolute atomic E-state index is 0.543. The number of carbonyl (C=O) groups is 1. The summed E-state index contributed by atoms with van der Waals surface area (Å²) in [7, 11) is 0. The van der Waals surface area contributed by atoms with Gasteiger partial charge in [-0.2, -0.15) is 0 Å². The van der Waals surface area contributed by atoms with Crippen LogP contribution in [0.3, 0.4) is 0 Å². The standard InChI is InChI=1S/C20H38O2/c1-2-3-4-5-6-7-8-9-10-11-12-13-14-15-16-17-18-19-22-20-21/h7-8,20H,2-6,9-19H2,1H3. The van der Waals surface area contributed by atoms with Crippen LogP contribution in [0.1, 0.15) is 103 Å². The van der Waals surface area contributed by atoms with Gasteiger partial charge in [-0.15, -0.1) is 0 Å². The van der Waals surface area contributed by atoms with Crippen molar-refractivity contribution in [3.05, 3.63) is 12.2 Å². The van der Waals surface area contributed by atoms with Crippen LogP contribution in [-0.4, -0.2) is 13.1 Å². The number of ether oxygens (including phenoxy) is 1. The molecule has 0 aliphatic heterocycles. The Kier molecular flexibility index (Phi) is 19.5. The van der Waals surface area contributed by atoms with Crippen LogP contribution in [0.2, 0.25) is 0 Å². The summed E-state index contributed by atoms with van der Waals surface area (Å²) in [6.07, 6.45) is 24.5. The van der Waals surface area contributed by atoms with E-state index in [0.717, 1.165) is 6.42 Å². The lowest BCUT2D eigenvalue weighted by atomic mass is 10.1. The predicted octanol–water partition coefficient (Wildman–Crippen LogP) is 6.59. The summed E-state index contributed by atoms with van der Waals surface area (Å²) >= 11 is 0. The second-order valence-electron chi connectivity index (χ2n) is 6.26. The van der Waals surface area contributed by atoms with Crippen LogP contribution < -0.4 is 0 Å². The molecular formula is C20H38O2. The fourth-order valence-electron chi connectivity index (χ4n) is 2.66. The van der Waals surface area contributed by atoms with E-state index in [4.69, 9.17) is 0 Å². The molecule has 0 spiro atoms. The van der Waals surface area contributed by atoms with Crippen LogP contribution in [-0.2, 0) is 9.53 Å². The predicted molar refractivity (Wildman–Crippen MR) is 96.1 cm³/mol. The quantitative estimate of drug-likeness (QED) is 0.162.